The van der Waals surface area contributed by atoms with E-state index in [1.807, 2.05) is 0 Å². The van der Waals surface area contributed by atoms with Crippen molar-refractivity contribution in [2.24, 2.45) is 0 Å². The molecule has 0 spiro atoms. The van der Waals surface area contributed by atoms with Crippen LogP contribution in [0.3, 0.4) is 0 Å². The first kappa shape index (κ1) is 20.9. The molecule has 1 aliphatic rings. The van der Waals surface area contributed by atoms with Crippen LogP contribution in [0.4, 0.5) is 0 Å². The number of nitrogens with one attached hydrogen (secondary N) is 2. The highest BCUT2D eigenvalue weighted by atomic mass is 16.2. The second kappa shape index (κ2) is 13.2. The Hall–Kier alpha value is -1.10. The lowest BCUT2D eigenvalue weighted by atomic mass is 10.1. The number of rotatable bonds is 13. The minimum absolute atomic E-state index is 0.00182. The van der Waals surface area contributed by atoms with Crippen LogP contribution in [0.1, 0.15) is 78.1 Å². The van der Waals surface area contributed by atoms with Gasteiger partial charge < -0.3 is 15.5 Å². The SMILES string of the molecule is CCCCCCCCN1C(=O)CNC[C@@H]1C(=O)NCCCCCC. The van der Waals surface area contributed by atoms with Crippen LogP contribution in [0.5, 0.6) is 0 Å². The number of nitrogens with zero attached hydrogens (tertiary/aromatic N) is 1. The number of carbonyl (C=O) groups excluding carboxylic acids is 2. The van der Waals surface area contributed by atoms with E-state index in [9.17, 15) is 9.59 Å². The molecule has 0 aromatic rings. The molecule has 5 nitrogen and oxygen atoms in total. The van der Waals surface area contributed by atoms with E-state index in [0.29, 0.717) is 26.2 Å². The molecule has 24 heavy (non-hydrogen) atoms. The normalized spacial score (nSPS) is 18.0. The molecule has 0 radical (unpaired) electrons. The Morgan fingerprint density at radius 3 is 2.38 bits per heavy atom. The van der Waals surface area contributed by atoms with Crippen molar-refractivity contribution in [1.29, 1.82) is 0 Å². The van der Waals surface area contributed by atoms with Gasteiger partial charge in [-0.05, 0) is 12.8 Å². The summed E-state index contributed by atoms with van der Waals surface area (Å²) in [5.41, 5.74) is 0. The van der Waals surface area contributed by atoms with Gasteiger partial charge in [0.05, 0.1) is 6.54 Å². The molecule has 1 rings (SSSR count). The largest absolute Gasteiger partial charge is 0.354 e. The van der Waals surface area contributed by atoms with Crippen molar-refractivity contribution in [3.8, 4) is 0 Å². The third-order valence-electron chi connectivity index (χ3n) is 4.70. The van der Waals surface area contributed by atoms with Crippen molar-refractivity contribution in [1.82, 2.24) is 15.5 Å². The Morgan fingerprint density at radius 1 is 1.04 bits per heavy atom. The molecule has 1 saturated heterocycles. The summed E-state index contributed by atoms with van der Waals surface area (Å²) in [6.45, 7) is 6.75. The smallest absolute Gasteiger partial charge is 0.244 e. The van der Waals surface area contributed by atoms with Gasteiger partial charge >= 0.3 is 0 Å². The molecular formula is C19H37N3O2. The van der Waals surface area contributed by atoms with Gasteiger partial charge in [0, 0.05) is 19.6 Å². The predicted molar refractivity (Wildman–Crippen MR) is 98.9 cm³/mol. The lowest BCUT2D eigenvalue weighted by Crippen LogP contribution is -2.60. The third-order valence-corrected chi connectivity index (χ3v) is 4.70. The standard InChI is InChI=1S/C19H37N3O2/c1-3-5-7-9-10-12-14-22-17(15-20-16-18(22)23)19(24)21-13-11-8-6-4-2/h17,20H,3-16H2,1-2H3,(H,21,24)/t17-/m1/s1. The molecule has 5 heteroatoms. The fraction of sp³-hybridized carbons (Fsp3) is 0.895. The molecule has 1 aliphatic heterocycles. The zero-order valence-corrected chi connectivity index (χ0v) is 15.7. The number of hydrogen-bond donors (Lipinski definition) is 2. The van der Waals surface area contributed by atoms with Crippen LogP contribution in [-0.2, 0) is 9.59 Å². The summed E-state index contributed by atoms with van der Waals surface area (Å²) in [6.07, 6.45) is 11.7. The van der Waals surface area contributed by atoms with Gasteiger partial charge in [-0.3, -0.25) is 9.59 Å². The fourth-order valence-corrected chi connectivity index (χ4v) is 3.16. The van der Waals surface area contributed by atoms with Crippen LogP contribution in [-0.4, -0.2) is 48.9 Å². The number of piperazine rings is 1. The number of unbranched alkanes of at least 4 members (excludes halogenated alkanes) is 8. The van der Waals surface area contributed by atoms with Crippen LogP contribution in [0.15, 0.2) is 0 Å². The van der Waals surface area contributed by atoms with E-state index in [2.05, 4.69) is 24.5 Å². The maximum Gasteiger partial charge on any atom is 0.244 e. The van der Waals surface area contributed by atoms with Crippen molar-refractivity contribution < 1.29 is 9.59 Å². The summed E-state index contributed by atoms with van der Waals surface area (Å²) in [5.74, 6) is 0.0546. The average molecular weight is 340 g/mol. The Morgan fingerprint density at radius 2 is 1.67 bits per heavy atom. The average Bonchev–Trinajstić information content (AvgIpc) is 2.58. The molecule has 2 N–H and O–H groups in total. The van der Waals surface area contributed by atoms with Crippen LogP contribution in [0.25, 0.3) is 0 Å². The van der Waals surface area contributed by atoms with E-state index < -0.39 is 0 Å². The van der Waals surface area contributed by atoms with E-state index in [0.717, 1.165) is 25.7 Å². The molecule has 0 saturated carbocycles. The van der Waals surface area contributed by atoms with Gasteiger partial charge in [0.1, 0.15) is 6.04 Å². The second-order valence-corrected chi connectivity index (χ2v) is 6.85. The van der Waals surface area contributed by atoms with Crippen LogP contribution >= 0.6 is 0 Å². The number of amides is 2. The molecular weight excluding hydrogens is 302 g/mol. The van der Waals surface area contributed by atoms with Crippen molar-refractivity contribution in [2.45, 2.75) is 84.1 Å². The van der Waals surface area contributed by atoms with Gasteiger partial charge in [-0.2, -0.15) is 0 Å². The quantitative estimate of drug-likeness (QED) is 0.507. The van der Waals surface area contributed by atoms with Gasteiger partial charge in [-0.1, -0.05) is 65.2 Å². The lowest BCUT2D eigenvalue weighted by Gasteiger charge is -2.35. The second-order valence-electron chi connectivity index (χ2n) is 6.85. The molecule has 0 aromatic carbocycles. The Kier molecular flexibility index (Phi) is 11.5. The van der Waals surface area contributed by atoms with Crippen LogP contribution in [0.2, 0.25) is 0 Å². The van der Waals surface area contributed by atoms with Crippen molar-refractivity contribution in [3.05, 3.63) is 0 Å². The van der Waals surface area contributed by atoms with Gasteiger partial charge in [-0.15, -0.1) is 0 Å². The summed E-state index contributed by atoms with van der Waals surface area (Å²) in [5, 5.41) is 6.08. The van der Waals surface area contributed by atoms with Gasteiger partial charge in [0.25, 0.3) is 0 Å². The Bertz CT molecular complexity index is 361. The summed E-state index contributed by atoms with van der Waals surface area (Å²) < 4.78 is 0. The molecule has 0 bridgehead atoms. The summed E-state index contributed by atoms with van der Waals surface area (Å²) in [6, 6.07) is -0.340. The molecule has 0 aromatic heterocycles. The Balaban J connectivity index is 2.32. The molecule has 2 amide bonds. The molecule has 1 heterocycles. The topological polar surface area (TPSA) is 61.4 Å². The monoisotopic (exact) mass is 339 g/mol. The first-order chi connectivity index (χ1) is 11.7. The summed E-state index contributed by atoms with van der Waals surface area (Å²) in [4.78, 5) is 26.4. The molecule has 0 aliphatic carbocycles. The summed E-state index contributed by atoms with van der Waals surface area (Å²) >= 11 is 0. The first-order valence-electron chi connectivity index (χ1n) is 9.98. The zero-order chi connectivity index (χ0) is 17.6. The van der Waals surface area contributed by atoms with Gasteiger partial charge in [0.15, 0.2) is 0 Å². The Labute approximate surface area is 147 Å². The first-order valence-corrected chi connectivity index (χ1v) is 9.98. The van der Waals surface area contributed by atoms with E-state index in [4.69, 9.17) is 0 Å². The highest BCUT2D eigenvalue weighted by molar-refractivity contribution is 5.89. The molecule has 1 atom stereocenters. The van der Waals surface area contributed by atoms with E-state index in [1.165, 1.54) is 38.5 Å². The fourth-order valence-electron chi connectivity index (χ4n) is 3.16. The lowest BCUT2D eigenvalue weighted by molar-refractivity contribution is -0.142. The third kappa shape index (κ3) is 8.13. The van der Waals surface area contributed by atoms with Gasteiger partial charge in [-0.25, -0.2) is 0 Å². The highest BCUT2D eigenvalue weighted by Gasteiger charge is 2.32. The van der Waals surface area contributed by atoms with Crippen molar-refractivity contribution in [2.75, 3.05) is 26.2 Å². The van der Waals surface area contributed by atoms with E-state index >= 15 is 0 Å². The van der Waals surface area contributed by atoms with E-state index in [-0.39, 0.29) is 17.9 Å². The minimum Gasteiger partial charge on any atom is -0.354 e. The van der Waals surface area contributed by atoms with Gasteiger partial charge in [0.2, 0.25) is 11.8 Å². The van der Waals surface area contributed by atoms with Crippen molar-refractivity contribution >= 4 is 11.8 Å². The number of carbonyl (C=O) groups is 2. The predicted octanol–water partition coefficient (Wildman–Crippen LogP) is 2.84. The highest BCUT2D eigenvalue weighted by Crippen LogP contribution is 2.10. The van der Waals surface area contributed by atoms with Crippen LogP contribution < -0.4 is 10.6 Å². The maximum absolute atomic E-state index is 12.4. The maximum atomic E-state index is 12.4. The molecule has 0 unspecified atom stereocenters. The minimum atomic E-state index is -0.340. The zero-order valence-electron chi connectivity index (χ0n) is 15.7. The number of hydrogen-bond acceptors (Lipinski definition) is 3. The molecule has 140 valence electrons. The van der Waals surface area contributed by atoms with Crippen LogP contribution in [0, 0.1) is 0 Å². The van der Waals surface area contributed by atoms with Crippen molar-refractivity contribution in [3.63, 3.8) is 0 Å². The molecule has 1 fully saturated rings. The summed E-state index contributed by atoms with van der Waals surface area (Å²) in [7, 11) is 0. The van der Waals surface area contributed by atoms with E-state index in [1.54, 1.807) is 4.90 Å².